The molecule has 88 valence electrons. The Morgan fingerprint density at radius 3 is 2.81 bits per heavy atom. The first-order valence-corrected chi connectivity index (χ1v) is 6.65. The number of hydrogen-bond acceptors (Lipinski definition) is 2. The van der Waals surface area contributed by atoms with Gasteiger partial charge in [0, 0.05) is 25.0 Å². The van der Waals surface area contributed by atoms with Gasteiger partial charge in [-0.05, 0) is 31.6 Å². The topological polar surface area (TPSA) is 29.9 Å². The zero-order valence-electron chi connectivity index (χ0n) is 9.86. The summed E-state index contributed by atoms with van der Waals surface area (Å²) in [5.74, 6) is 2.12. The van der Waals surface area contributed by atoms with Gasteiger partial charge in [-0.25, -0.2) is 4.98 Å². The van der Waals surface area contributed by atoms with Crippen LogP contribution in [0.1, 0.15) is 44.3 Å². The predicted octanol–water partition coefficient (Wildman–Crippen LogP) is 2.33. The molecule has 0 bridgehead atoms. The van der Waals surface area contributed by atoms with Gasteiger partial charge in [0.05, 0.1) is 6.54 Å². The first kappa shape index (κ1) is 10.3. The van der Waals surface area contributed by atoms with Gasteiger partial charge in [-0.2, -0.15) is 0 Å². The van der Waals surface area contributed by atoms with E-state index in [0.29, 0.717) is 0 Å². The highest BCUT2D eigenvalue weighted by Crippen LogP contribution is 2.26. The van der Waals surface area contributed by atoms with Gasteiger partial charge in [0.25, 0.3) is 0 Å². The molecule has 0 unspecified atom stereocenters. The van der Waals surface area contributed by atoms with Gasteiger partial charge in [0.15, 0.2) is 0 Å². The second-order valence-electron chi connectivity index (χ2n) is 5.30. The third kappa shape index (κ3) is 2.46. The van der Waals surface area contributed by atoms with Gasteiger partial charge in [0.2, 0.25) is 0 Å². The minimum absolute atomic E-state index is 0.775. The molecular formula is C13H21N3. The molecule has 3 nitrogen and oxygen atoms in total. The fourth-order valence-electron chi connectivity index (χ4n) is 2.67. The van der Waals surface area contributed by atoms with Crippen LogP contribution in [-0.4, -0.2) is 15.6 Å². The molecule has 1 aromatic rings. The van der Waals surface area contributed by atoms with Crippen LogP contribution in [-0.2, 0) is 13.1 Å². The van der Waals surface area contributed by atoms with Gasteiger partial charge in [-0.1, -0.05) is 12.8 Å². The van der Waals surface area contributed by atoms with Gasteiger partial charge in [-0.15, -0.1) is 0 Å². The quantitative estimate of drug-likeness (QED) is 0.823. The van der Waals surface area contributed by atoms with Crippen molar-refractivity contribution in [3.8, 4) is 0 Å². The van der Waals surface area contributed by atoms with Crippen LogP contribution in [0, 0.1) is 5.92 Å². The molecule has 0 saturated heterocycles. The van der Waals surface area contributed by atoms with E-state index in [1.807, 2.05) is 6.20 Å². The molecule has 3 rings (SSSR count). The highest BCUT2D eigenvalue weighted by molar-refractivity contribution is 4.94. The number of hydrogen-bond donors (Lipinski definition) is 1. The average molecular weight is 219 g/mol. The number of nitrogens with one attached hydrogen (secondary N) is 1. The van der Waals surface area contributed by atoms with Gasteiger partial charge >= 0.3 is 0 Å². The molecule has 2 aliphatic rings. The van der Waals surface area contributed by atoms with E-state index < -0.39 is 0 Å². The molecule has 3 heteroatoms. The Morgan fingerprint density at radius 2 is 2.06 bits per heavy atom. The fraction of sp³-hybridized carbons (Fsp3) is 0.769. The zero-order valence-corrected chi connectivity index (χ0v) is 9.86. The molecule has 1 heterocycles. The zero-order chi connectivity index (χ0) is 10.8. The Bertz CT molecular complexity index is 335. The molecule has 2 saturated carbocycles. The number of aromatic nitrogens is 2. The lowest BCUT2D eigenvalue weighted by atomic mass is 10.1. The van der Waals surface area contributed by atoms with E-state index in [1.165, 1.54) is 50.9 Å². The average Bonchev–Trinajstić information content (AvgIpc) is 2.79. The maximum atomic E-state index is 4.46. The van der Waals surface area contributed by atoms with Crippen molar-refractivity contribution < 1.29 is 0 Å². The van der Waals surface area contributed by atoms with Crippen LogP contribution < -0.4 is 5.32 Å². The van der Waals surface area contributed by atoms with Crippen molar-refractivity contribution in [2.45, 2.75) is 57.7 Å². The lowest BCUT2D eigenvalue weighted by Gasteiger charge is -2.13. The van der Waals surface area contributed by atoms with Crippen molar-refractivity contribution in [3.63, 3.8) is 0 Å². The molecule has 1 aromatic heterocycles. The summed E-state index contributed by atoms with van der Waals surface area (Å²) in [6.45, 7) is 2.13. The van der Waals surface area contributed by atoms with Crippen molar-refractivity contribution >= 4 is 0 Å². The van der Waals surface area contributed by atoms with Crippen LogP contribution in [0.4, 0.5) is 0 Å². The van der Waals surface area contributed by atoms with Gasteiger partial charge in [-0.3, -0.25) is 0 Å². The van der Waals surface area contributed by atoms with E-state index in [0.717, 1.165) is 18.5 Å². The van der Waals surface area contributed by atoms with Crippen LogP contribution in [0.2, 0.25) is 0 Å². The molecule has 0 amide bonds. The molecule has 0 atom stereocenters. The Morgan fingerprint density at radius 1 is 1.25 bits per heavy atom. The number of imidazole rings is 1. The Hall–Kier alpha value is -0.830. The molecule has 0 aliphatic heterocycles. The van der Waals surface area contributed by atoms with E-state index in [-0.39, 0.29) is 0 Å². The van der Waals surface area contributed by atoms with E-state index >= 15 is 0 Å². The third-order valence-electron chi connectivity index (χ3n) is 3.86. The summed E-state index contributed by atoms with van der Waals surface area (Å²) in [4.78, 5) is 4.46. The third-order valence-corrected chi connectivity index (χ3v) is 3.86. The van der Waals surface area contributed by atoms with E-state index in [1.54, 1.807) is 0 Å². The second-order valence-corrected chi connectivity index (χ2v) is 5.30. The minimum atomic E-state index is 0.775. The van der Waals surface area contributed by atoms with E-state index in [4.69, 9.17) is 0 Å². The Labute approximate surface area is 97.3 Å². The summed E-state index contributed by atoms with van der Waals surface area (Å²) < 4.78 is 2.35. The molecule has 2 fully saturated rings. The van der Waals surface area contributed by atoms with Crippen molar-refractivity contribution in [1.29, 1.82) is 0 Å². The first-order chi connectivity index (χ1) is 7.92. The van der Waals surface area contributed by atoms with Crippen LogP contribution in [0.5, 0.6) is 0 Å². The fourth-order valence-corrected chi connectivity index (χ4v) is 2.67. The SMILES string of the molecule is c1cn(CC2CCCC2)c(CNC2CC2)n1. The summed E-state index contributed by atoms with van der Waals surface area (Å²) in [5, 5.41) is 3.54. The molecule has 0 aromatic carbocycles. The van der Waals surface area contributed by atoms with Crippen molar-refractivity contribution in [2.24, 2.45) is 5.92 Å². The van der Waals surface area contributed by atoms with Crippen molar-refractivity contribution in [2.75, 3.05) is 0 Å². The van der Waals surface area contributed by atoms with Crippen molar-refractivity contribution in [1.82, 2.24) is 14.9 Å². The maximum Gasteiger partial charge on any atom is 0.122 e. The lowest BCUT2D eigenvalue weighted by molar-refractivity contribution is 0.441. The standard InChI is InChI=1S/C13H21N3/c1-2-4-11(3-1)10-16-8-7-14-13(16)9-15-12-5-6-12/h7-8,11-12,15H,1-6,9-10H2. The summed E-state index contributed by atoms with van der Waals surface area (Å²) >= 11 is 0. The monoisotopic (exact) mass is 219 g/mol. The smallest absolute Gasteiger partial charge is 0.122 e. The molecular weight excluding hydrogens is 198 g/mol. The normalized spacial score (nSPS) is 21.8. The van der Waals surface area contributed by atoms with Crippen LogP contribution in [0.3, 0.4) is 0 Å². The highest BCUT2D eigenvalue weighted by atomic mass is 15.1. The van der Waals surface area contributed by atoms with Crippen LogP contribution >= 0.6 is 0 Å². The largest absolute Gasteiger partial charge is 0.334 e. The lowest BCUT2D eigenvalue weighted by Crippen LogP contribution is -2.20. The molecule has 2 aliphatic carbocycles. The predicted molar refractivity (Wildman–Crippen MR) is 64.0 cm³/mol. The molecule has 0 spiro atoms. The summed E-state index contributed by atoms with van der Waals surface area (Å²) in [7, 11) is 0. The first-order valence-electron chi connectivity index (χ1n) is 6.65. The Balaban J connectivity index is 1.57. The van der Waals surface area contributed by atoms with Crippen molar-refractivity contribution in [3.05, 3.63) is 18.2 Å². The van der Waals surface area contributed by atoms with Crippen LogP contribution in [0.25, 0.3) is 0 Å². The molecule has 1 N–H and O–H groups in total. The van der Waals surface area contributed by atoms with Crippen LogP contribution in [0.15, 0.2) is 12.4 Å². The number of rotatable bonds is 5. The maximum absolute atomic E-state index is 4.46. The van der Waals surface area contributed by atoms with E-state index in [2.05, 4.69) is 21.1 Å². The summed E-state index contributed by atoms with van der Waals surface area (Å²) in [6.07, 6.45) is 12.5. The summed E-state index contributed by atoms with van der Waals surface area (Å²) in [6, 6.07) is 0.775. The van der Waals surface area contributed by atoms with Gasteiger partial charge in [0.1, 0.15) is 5.82 Å². The highest BCUT2D eigenvalue weighted by Gasteiger charge is 2.21. The molecule has 16 heavy (non-hydrogen) atoms. The number of nitrogens with zero attached hydrogens (tertiary/aromatic N) is 2. The Kier molecular flexibility index (Phi) is 2.96. The molecule has 0 radical (unpaired) electrons. The van der Waals surface area contributed by atoms with E-state index in [9.17, 15) is 0 Å². The summed E-state index contributed by atoms with van der Waals surface area (Å²) in [5.41, 5.74) is 0. The minimum Gasteiger partial charge on any atom is -0.334 e. The second kappa shape index (κ2) is 4.58. The van der Waals surface area contributed by atoms with Gasteiger partial charge < -0.3 is 9.88 Å².